The largest absolute Gasteiger partial charge is 0.396 e. The van der Waals surface area contributed by atoms with Crippen molar-refractivity contribution in [2.75, 3.05) is 25.0 Å². The van der Waals surface area contributed by atoms with Crippen LogP contribution in [-0.4, -0.2) is 41.5 Å². The van der Waals surface area contributed by atoms with Gasteiger partial charge in [0.2, 0.25) is 11.8 Å². The van der Waals surface area contributed by atoms with Crippen LogP contribution in [-0.2, 0) is 9.59 Å². The fourth-order valence-corrected chi connectivity index (χ4v) is 3.06. The second-order valence-corrected chi connectivity index (χ2v) is 5.66. The zero-order chi connectivity index (χ0) is 15.0. The zero-order valence-corrected chi connectivity index (χ0v) is 11.5. The zero-order valence-electron chi connectivity index (χ0n) is 11.5. The minimum atomic E-state index is -0.563. The van der Waals surface area contributed by atoms with Crippen LogP contribution in [0.25, 0.3) is 0 Å². The van der Waals surface area contributed by atoms with E-state index in [4.69, 9.17) is 5.11 Å². The average Bonchev–Trinajstić information content (AvgIpc) is 2.94. The highest BCUT2D eigenvalue weighted by Gasteiger charge is 2.36. The maximum Gasteiger partial charge on any atom is 0.230 e. The number of benzene rings is 1. The molecule has 3 rings (SSSR count). The van der Waals surface area contributed by atoms with E-state index >= 15 is 0 Å². The van der Waals surface area contributed by atoms with Crippen molar-refractivity contribution in [2.45, 2.75) is 18.8 Å². The highest BCUT2D eigenvalue weighted by atomic mass is 19.1. The summed E-state index contributed by atoms with van der Waals surface area (Å²) in [4.78, 5) is 26.1. The normalized spacial score (nSPS) is 24.7. The first kappa shape index (κ1) is 14.0. The number of aliphatic hydroxyl groups excluding tert-OH is 1. The lowest BCUT2D eigenvalue weighted by atomic mass is 9.89. The summed E-state index contributed by atoms with van der Waals surface area (Å²) in [6, 6.07) is 4.11. The van der Waals surface area contributed by atoms with E-state index in [0.29, 0.717) is 24.3 Å². The molecule has 1 fully saturated rings. The summed E-state index contributed by atoms with van der Waals surface area (Å²) < 4.78 is 13.3. The van der Waals surface area contributed by atoms with Crippen LogP contribution in [0.4, 0.5) is 10.1 Å². The first-order valence-corrected chi connectivity index (χ1v) is 7.07. The number of amides is 2. The Morgan fingerprint density at radius 1 is 1.48 bits per heavy atom. The van der Waals surface area contributed by atoms with E-state index in [0.717, 1.165) is 6.42 Å². The molecule has 2 heterocycles. The van der Waals surface area contributed by atoms with Gasteiger partial charge in [0.15, 0.2) is 0 Å². The Balaban J connectivity index is 1.86. The van der Waals surface area contributed by atoms with Gasteiger partial charge in [0.1, 0.15) is 5.82 Å². The number of halogens is 1. The quantitative estimate of drug-likeness (QED) is 0.857. The molecule has 2 aliphatic heterocycles. The van der Waals surface area contributed by atoms with E-state index < -0.39 is 11.7 Å². The van der Waals surface area contributed by atoms with Crippen LogP contribution in [0.15, 0.2) is 18.2 Å². The van der Waals surface area contributed by atoms with Crippen molar-refractivity contribution < 1.29 is 19.1 Å². The number of fused-ring (bicyclic) bond motifs is 1. The molecule has 0 spiro atoms. The minimum Gasteiger partial charge on any atom is -0.396 e. The van der Waals surface area contributed by atoms with Crippen molar-refractivity contribution in [3.8, 4) is 0 Å². The number of likely N-dealkylation sites (tertiary alicyclic amines) is 1. The Hall–Kier alpha value is -1.95. The molecular formula is C15H17FN2O3. The SMILES string of the molecule is O=C1CC(C(=O)N2CCC(CO)C2)c2ccc(F)cc2N1. The summed E-state index contributed by atoms with van der Waals surface area (Å²) >= 11 is 0. The van der Waals surface area contributed by atoms with Gasteiger partial charge in [0, 0.05) is 37.7 Å². The Morgan fingerprint density at radius 2 is 2.29 bits per heavy atom. The predicted octanol–water partition coefficient (Wildman–Crippen LogP) is 1.09. The van der Waals surface area contributed by atoms with Gasteiger partial charge in [0.25, 0.3) is 0 Å². The summed E-state index contributed by atoms with van der Waals surface area (Å²) in [5.74, 6) is -1.28. The van der Waals surface area contributed by atoms with Gasteiger partial charge in [-0.3, -0.25) is 9.59 Å². The fourth-order valence-electron chi connectivity index (χ4n) is 3.06. The summed E-state index contributed by atoms with van der Waals surface area (Å²) in [6.45, 7) is 1.18. The molecule has 21 heavy (non-hydrogen) atoms. The summed E-state index contributed by atoms with van der Waals surface area (Å²) in [5.41, 5.74) is 1.04. The van der Waals surface area contributed by atoms with Gasteiger partial charge in [-0.25, -0.2) is 4.39 Å². The third-order valence-corrected chi connectivity index (χ3v) is 4.21. The standard InChI is InChI=1S/C15H17FN2O3/c16-10-1-2-11-12(6-14(20)17-13(11)5-10)15(21)18-4-3-9(7-18)8-19/h1-2,5,9,12,19H,3-4,6-8H2,(H,17,20). The Morgan fingerprint density at radius 3 is 3.00 bits per heavy atom. The van der Waals surface area contributed by atoms with Crippen LogP contribution in [0.5, 0.6) is 0 Å². The maximum atomic E-state index is 13.3. The van der Waals surface area contributed by atoms with Gasteiger partial charge in [-0.15, -0.1) is 0 Å². The van der Waals surface area contributed by atoms with E-state index in [1.54, 1.807) is 11.0 Å². The molecule has 2 N–H and O–H groups in total. The van der Waals surface area contributed by atoms with Crippen LogP contribution in [0, 0.1) is 11.7 Å². The van der Waals surface area contributed by atoms with Gasteiger partial charge >= 0.3 is 0 Å². The summed E-state index contributed by atoms with van der Waals surface area (Å²) in [5, 5.41) is 11.8. The number of rotatable bonds is 2. The molecule has 2 aliphatic rings. The van der Waals surface area contributed by atoms with Gasteiger partial charge in [-0.2, -0.15) is 0 Å². The fraction of sp³-hybridized carbons (Fsp3) is 0.467. The van der Waals surface area contributed by atoms with Gasteiger partial charge < -0.3 is 15.3 Å². The number of carbonyl (C=O) groups excluding carboxylic acids is 2. The number of hydrogen-bond donors (Lipinski definition) is 2. The van der Waals surface area contributed by atoms with Gasteiger partial charge in [-0.1, -0.05) is 6.07 Å². The number of aliphatic hydroxyl groups is 1. The second-order valence-electron chi connectivity index (χ2n) is 5.66. The lowest BCUT2D eigenvalue weighted by molar-refractivity contribution is -0.134. The number of anilines is 1. The molecule has 2 unspecified atom stereocenters. The molecule has 112 valence electrons. The van der Waals surface area contributed by atoms with E-state index in [1.165, 1.54) is 12.1 Å². The van der Waals surface area contributed by atoms with E-state index in [9.17, 15) is 14.0 Å². The van der Waals surface area contributed by atoms with Gasteiger partial charge in [-0.05, 0) is 24.1 Å². The molecule has 1 aromatic carbocycles. The van der Waals surface area contributed by atoms with E-state index in [-0.39, 0.29) is 30.8 Å². The highest BCUT2D eigenvalue weighted by molar-refractivity contribution is 6.01. The molecule has 2 amide bonds. The summed E-state index contributed by atoms with van der Waals surface area (Å²) in [7, 11) is 0. The molecule has 0 radical (unpaired) electrons. The van der Waals surface area contributed by atoms with Crippen LogP contribution in [0.2, 0.25) is 0 Å². The molecule has 0 aliphatic carbocycles. The minimum absolute atomic E-state index is 0.0662. The monoisotopic (exact) mass is 292 g/mol. The molecule has 6 heteroatoms. The Kier molecular flexibility index (Phi) is 3.63. The van der Waals surface area contributed by atoms with Crippen molar-refractivity contribution in [3.63, 3.8) is 0 Å². The van der Waals surface area contributed by atoms with Crippen molar-refractivity contribution in [1.29, 1.82) is 0 Å². The lowest BCUT2D eigenvalue weighted by Gasteiger charge is -2.28. The van der Waals surface area contributed by atoms with Crippen LogP contribution >= 0.6 is 0 Å². The van der Waals surface area contributed by atoms with Gasteiger partial charge in [0.05, 0.1) is 5.92 Å². The predicted molar refractivity (Wildman–Crippen MR) is 74.2 cm³/mol. The topological polar surface area (TPSA) is 69.6 Å². The molecular weight excluding hydrogens is 275 g/mol. The average molecular weight is 292 g/mol. The molecule has 5 nitrogen and oxygen atoms in total. The highest BCUT2D eigenvalue weighted by Crippen LogP contribution is 2.35. The molecule has 0 saturated carbocycles. The molecule has 1 aromatic rings. The number of hydrogen-bond acceptors (Lipinski definition) is 3. The van der Waals surface area contributed by atoms with E-state index in [2.05, 4.69) is 5.32 Å². The maximum absolute atomic E-state index is 13.3. The Bertz CT molecular complexity index is 590. The molecule has 0 aromatic heterocycles. The van der Waals surface area contributed by atoms with E-state index in [1.807, 2.05) is 0 Å². The van der Waals surface area contributed by atoms with Crippen molar-refractivity contribution in [1.82, 2.24) is 4.90 Å². The van der Waals surface area contributed by atoms with Crippen LogP contribution < -0.4 is 5.32 Å². The first-order chi connectivity index (χ1) is 10.1. The number of nitrogens with one attached hydrogen (secondary N) is 1. The van der Waals surface area contributed by atoms with Crippen molar-refractivity contribution in [2.24, 2.45) is 5.92 Å². The Labute approximate surface area is 121 Å². The molecule has 1 saturated heterocycles. The smallest absolute Gasteiger partial charge is 0.230 e. The third kappa shape index (κ3) is 2.63. The summed E-state index contributed by atoms with van der Waals surface area (Å²) in [6.07, 6.45) is 0.856. The molecule has 0 bridgehead atoms. The number of nitrogens with zero attached hydrogens (tertiary/aromatic N) is 1. The second kappa shape index (κ2) is 5.44. The number of carbonyl (C=O) groups is 2. The van der Waals surface area contributed by atoms with Crippen LogP contribution in [0.3, 0.4) is 0 Å². The third-order valence-electron chi connectivity index (χ3n) is 4.21. The van der Waals surface area contributed by atoms with Crippen molar-refractivity contribution in [3.05, 3.63) is 29.6 Å². The molecule has 2 atom stereocenters. The van der Waals surface area contributed by atoms with Crippen molar-refractivity contribution >= 4 is 17.5 Å². The van der Waals surface area contributed by atoms with Crippen LogP contribution in [0.1, 0.15) is 24.3 Å². The lowest BCUT2D eigenvalue weighted by Crippen LogP contribution is -2.37. The first-order valence-electron chi connectivity index (χ1n) is 7.07.